The van der Waals surface area contributed by atoms with Gasteiger partial charge in [0, 0.05) is 24.4 Å². The van der Waals surface area contributed by atoms with Gasteiger partial charge in [-0.1, -0.05) is 18.2 Å². The molecule has 5 nitrogen and oxygen atoms in total. The number of likely N-dealkylation sites (N-methyl/N-ethyl adjacent to an activating group) is 1. The van der Waals surface area contributed by atoms with Crippen LogP contribution in [0.3, 0.4) is 0 Å². The summed E-state index contributed by atoms with van der Waals surface area (Å²) in [6, 6.07) is 11.6. The van der Waals surface area contributed by atoms with Crippen molar-refractivity contribution in [2.75, 3.05) is 31.8 Å². The number of para-hydroxylation sites is 1. The molecule has 1 spiro atoms. The molecule has 3 aliphatic heterocycles. The Kier molecular flexibility index (Phi) is 2.33. The van der Waals surface area contributed by atoms with Crippen LogP contribution in [0.1, 0.15) is 11.1 Å². The van der Waals surface area contributed by atoms with Crippen LogP contribution in [0.25, 0.3) is 0 Å². The average Bonchev–Trinajstić information content (AvgIpc) is 3.07. The molecule has 0 bridgehead atoms. The van der Waals surface area contributed by atoms with E-state index >= 15 is 0 Å². The van der Waals surface area contributed by atoms with Crippen LogP contribution in [0, 0.1) is 0 Å². The summed E-state index contributed by atoms with van der Waals surface area (Å²) in [5, 5.41) is 0. The predicted octanol–water partition coefficient (Wildman–Crippen LogP) is 2.11. The van der Waals surface area contributed by atoms with E-state index in [0.717, 1.165) is 16.8 Å². The lowest BCUT2D eigenvalue weighted by Gasteiger charge is -2.23. The fourth-order valence-corrected chi connectivity index (χ4v) is 3.82. The zero-order valence-corrected chi connectivity index (χ0v) is 12.7. The van der Waals surface area contributed by atoms with E-state index in [-0.39, 0.29) is 5.91 Å². The van der Waals surface area contributed by atoms with E-state index in [1.807, 2.05) is 43.4 Å². The van der Waals surface area contributed by atoms with Crippen molar-refractivity contribution in [1.29, 1.82) is 0 Å². The van der Waals surface area contributed by atoms with Crippen molar-refractivity contribution in [1.82, 2.24) is 0 Å². The van der Waals surface area contributed by atoms with Crippen molar-refractivity contribution in [3.05, 3.63) is 47.5 Å². The number of rotatable bonds is 0. The third-order valence-corrected chi connectivity index (χ3v) is 4.94. The van der Waals surface area contributed by atoms with Gasteiger partial charge >= 0.3 is 0 Å². The smallest absolute Gasteiger partial charge is 0.245 e. The van der Waals surface area contributed by atoms with Gasteiger partial charge in [-0.2, -0.15) is 0 Å². The first-order chi connectivity index (χ1) is 11.2. The summed E-state index contributed by atoms with van der Waals surface area (Å²) in [7, 11) is 1.81. The summed E-state index contributed by atoms with van der Waals surface area (Å²) in [6.45, 7) is 1.36. The molecular weight excluding hydrogens is 294 g/mol. The van der Waals surface area contributed by atoms with Crippen molar-refractivity contribution in [2.24, 2.45) is 0 Å². The van der Waals surface area contributed by atoms with Crippen LogP contribution in [0.5, 0.6) is 17.2 Å². The monoisotopic (exact) mass is 309 g/mol. The Bertz CT molecular complexity index is 847. The van der Waals surface area contributed by atoms with Crippen molar-refractivity contribution < 1.29 is 19.0 Å². The zero-order chi connectivity index (χ0) is 15.6. The molecule has 1 amide bonds. The minimum absolute atomic E-state index is 0.0362. The van der Waals surface area contributed by atoms with Crippen molar-refractivity contribution >= 4 is 11.6 Å². The highest BCUT2D eigenvalue weighted by Crippen LogP contribution is 2.54. The summed E-state index contributed by atoms with van der Waals surface area (Å²) < 4.78 is 17.2. The van der Waals surface area contributed by atoms with Gasteiger partial charge in [-0.15, -0.1) is 0 Å². The van der Waals surface area contributed by atoms with Crippen LogP contribution < -0.4 is 19.1 Å². The molecule has 0 fully saturated rings. The molecule has 116 valence electrons. The number of anilines is 1. The van der Waals surface area contributed by atoms with Crippen LogP contribution >= 0.6 is 0 Å². The molecule has 3 aliphatic rings. The Hall–Kier alpha value is -2.69. The fraction of sp³-hybridized carbons (Fsp3) is 0.278. The van der Waals surface area contributed by atoms with Crippen LogP contribution in [0.4, 0.5) is 5.69 Å². The molecule has 3 heterocycles. The molecule has 2 aromatic carbocycles. The minimum atomic E-state index is -0.781. The Morgan fingerprint density at radius 3 is 2.52 bits per heavy atom. The fourth-order valence-electron chi connectivity index (χ4n) is 3.82. The number of nitrogens with zero attached hydrogens (tertiary/aromatic N) is 1. The highest BCUT2D eigenvalue weighted by molar-refractivity contribution is 6.11. The van der Waals surface area contributed by atoms with Gasteiger partial charge in [-0.25, -0.2) is 0 Å². The van der Waals surface area contributed by atoms with Crippen LogP contribution in [0.15, 0.2) is 36.4 Å². The van der Waals surface area contributed by atoms with E-state index in [1.54, 1.807) is 4.90 Å². The average molecular weight is 309 g/mol. The van der Waals surface area contributed by atoms with Crippen molar-refractivity contribution in [2.45, 2.75) is 5.41 Å². The number of carbonyl (C=O) groups is 1. The van der Waals surface area contributed by atoms with Gasteiger partial charge in [0.1, 0.15) is 31.0 Å². The van der Waals surface area contributed by atoms with E-state index in [1.165, 1.54) is 0 Å². The van der Waals surface area contributed by atoms with E-state index in [4.69, 9.17) is 14.2 Å². The molecule has 2 aromatic rings. The molecule has 0 saturated heterocycles. The van der Waals surface area contributed by atoms with E-state index in [2.05, 4.69) is 0 Å². The second-order valence-electron chi connectivity index (χ2n) is 6.07. The van der Waals surface area contributed by atoms with Crippen LogP contribution in [-0.2, 0) is 10.2 Å². The molecule has 1 atom stereocenters. The van der Waals surface area contributed by atoms with Gasteiger partial charge < -0.3 is 19.1 Å². The SMILES string of the molecule is CN1C(=O)C2(COc3cc4c(cc32)OCCO4)c2ccccc21. The first-order valence-electron chi connectivity index (χ1n) is 7.66. The first-order valence-corrected chi connectivity index (χ1v) is 7.66. The molecule has 5 rings (SSSR count). The van der Waals surface area contributed by atoms with Gasteiger partial charge in [-0.3, -0.25) is 4.79 Å². The van der Waals surface area contributed by atoms with Gasteiger partial charge in [0.05, 0.1) is 0 Å². The number of amides is 1. The molecule has 1 unspecified atom stereocenters. The number of ether oxygens (including phenoxy) is 3. The summed E-state index contributed by atoms with van der Waals surface area (Å²) in [4.78, 5) is 14.8. The molecule has 0 aromatic heterocycles. The highest BCUT2D eigenvalue weighted by atomic mass is 16.6. The van der Waals surface area contributed by atoms with E-state index in [9.17, 15) is 4.79 Å². The number of fused-ring (bicyclic) bond motifs is 5. The van der Waals surface area contributed by atoms with Crippen molar-refractivity contribution in [3.63, 3.8) is 0 Å². The molecule has 23 heavy (non-hydrogen) atoms. The normalized spacial score (nSPS) is 23.7. The molecule has 0 saturated carbocycles. The lowest BCUT2D eigenvalue weighted by Crippen LogP contribution is -2.41. The maximum Gasteiger partial charge on any atom is 0.245 e. The zero-order valence-electron chi connectivity index (χ0n) is 12.7. The maximum atomic E-state index is 13.1. The van der Waals surface area contributed by atoms with Gasteiger partial charge in [0.15, 0.2) is 11.5 Å². The maximum absolute atomic E-state index is 13.1. The Balaban J connectivity index is 1.77. The molecular formula is C18H15NO4. The first kappa shape index (κ1) is 12.8. The Labute approximate surface area is 133 Å². The third kappa shape index (κ3) is 1.44. The lowest BCUT2D eigenvalue weighted by molar-refractivity contribution is -0.121. The summed E-state index contributed by atoms with van der Waals surface area (Å²) in [6.07, 6.45) is 0. The standard InChI is InChI=1S/C18H15NO4/c1-19-13-5-3-2-4-11(13)18(17(19)20)10-23-14-9-16-15(8-12(14)18)21-6-7-22-16/h2-5,8-9H,6-7,10H2,1H3. The van der Waals surface area contributed by atoms with Crippen LogP contribution in [-0.4, -0.2) is 32.8 Å². The van der Waals surface area contributed by atoms with Crippen LogP contribution in [0.2, 0.25) is 0 Å². The Morgan fingerprint density at radius 2 is 1.70 bits per heavy atom. The summed E-state index contributed by atoms with van der Waals surface area (Å²) >= 11 is 0. The van der Waals surface area contributed by atoms with Gasteiger partial charge in [0.2, 0.25) is 5.91 Å². The number of hydrogen-bond acceptors (Lipinski definition) is 4. The quantitative estimate of drug-likeness (QED) is 0.748. The topological polar surface area (TPSA) is 48.0 Å². The second kappa shape index (κ2) is 4.19. The van der Waals surface area contributed by atoms with Gasteiger partial charge in [0.25, 0.3) is 0 Å². The summed E-state index contributed by atoms with van der Waals surface area (Å²) in [5.41, 5.74) is 2.01. The third-order valence-electron chi connectivity index (χ3n) is 4.94. The second-order valence-corrected chi connectivity index (χ2v) is 6.07. The number of benzene rings is 2. The van der Waals surface area contributed by atoms with Gasteiger partial charge in [-0.05, 0) is 17.7 Å². The van der Waals surface area contributed by atoms with Crippen molar-refractivity contribution in [3.8, 4) is 17.2 Å². The minimum Gasteiger partial charge on any atom is -0.491 e. The summed E-state index contributed by atoms with van der Waals surface area (Å²) in [5.74, 6) is 2.10. The molecule has 0 N–H and O–H groups in total. The van der Waals surface area contributed by atoms with E-state index in [0.29, 0.717) is 37.1 Å². The Morgan fingerprint density at radius 1 is 0.957 bits per heavy atom. The largest absolute Gasteiger partial charge is 0.491 e. The van der Waals surface area contributed by atoms with E-state index < -0.39 is 5.41 Å². The molecule has 5 heteroatoms. The number of carbonyl (C=O) groups excluding carboxylic acids is 1. The number of hydrogen-bond donors (Lipinski definition) is 0. The lowest BCUT2D eigenvalue weighted by atomic mass is 9.77. The molecule has 0 radical (unpaired) electrons. The highest BCUT2D eigenvalue weighted by Gasteiger charge is 2.56. The predicted molar refractivity (Wildman–Crippen MR) is 83.6 cm³/mol. The molecule has 0 aliphatic carbocycles.